The van der Waals surface area contributed by atoms with Crippen LogP contribution in [0.1, 0.15) is 34.1 Å². The predicted octanol–water partition coefficient (Wildman–Crippen LogP) is 3.45. The number of esters is 1. The Bertz CT molecular complexity index is 941. The Balaban J connectivity index is 2.16. The van der Waals surface area contributed by atoms with Gasteiger partial charge >= 0.3 is 5.97 Å². The molecule has 2 aromatic heterocycles. The quantitative estimate of drug-likeness (QED) is 0.657. The van der Waals surface area contributed by atoms with Crippen molar-refractivity contribution < 1.29 is 9.53 Å². The highest BCUT2D eigenvalue weighted by atomic mass is 16.5. The molecular weight excluding hydrogens is 328 g/mol. The van der Waals surface area contributed by atoms with E-state index in [1.807, 2.05) is 31.0 Å². The van der Waals surface area contributed by atoms with E-state index in [2.05, 4.69) is 21.9 Å². The second-order valence-corrected chi connectivity index (χ2v) is 6.20. The molecule has 0 aliphatic heterocycles. The average Bonchev–Trinajstić information content (AvgIpc) is 2.64. The minimum absolute atomic E-state index is 0.317. The fraction of sp³-hybridized carbons (Fsp3) is 0.300. The van der Waals surface area contributed by atoms with E-state index in [-0.39, 0.29) is 5.97 Å². The van der Waals surface area contributed by atoms with Gasteiger partial charge in [-0.1, -0.05) is 12.1 Å². The van der Waals surface area contributed by atoms with E-state index in [1.54, 1.807) is 31.7 Å². The summed E-state index contributed by atoms with van der Waals surface area (Å²) in [5.74, 6) is -0.374. The number of ether oxygens (including phenoxy) is 1. The van der Waals surface area contributed by atoms with Crippen molar-refractivity contribution in [2.45, 2.75) is 27.3 Å². The van der Waals surface area contributed by atoms with Crippen molar-refractivity contribution in [2.24, 2.45) is 0 Å². The number of fused-ring (bicyclic) bond motifs is 1. The molecule has 6 heteroatoms. The topological polar surface area (TPSA) is 68.2 Å². The van der Waals surface area contributed by atoms with Gasteiger partial charge in [-0.2, -0.15) is 0 Å². The van der Waals surface area contributed by atoms with Crippen LogP contribution in [0, 0.1) is 13.8 Å². The maximum atomic E-state index is 12.5. The third-order valence-corrected chi connectivity index (χ3v) is 4.43. The molecule has 3 rings (SSSR count). The van der Waals surface area contributed by atoms with Crippen molar-refractivity contribution in [1.82, 2.24) is 15.0 Å². The first kappa shape index (κ1) is 17.8. The Morgan fingerprint density at radius 1 is 1.15 bits per heavy atom. The van der Waals surface area contributed by atoms with Crippen molar-refractivity contribution in [3.63, 3.8) is 0 Å². The maximum absolute atomic E-state index is 12.5. The van der Waals surface area contributed by atoms with Crippen molar-refractivity contribution >= 4 is 22.6 Å². The Labute approximate surface area is 152 Å². The monoisotopic (exact) mass is 350 g/mol. The molecule has 6 nitrogen and oxygen atoms in total. The standard InChI is InChI=1S/C20H22N4O2/c1-5-26-20(25)17-11-23-18-14(3)13(2)6-7-16(18)19(17)24(4)12-15-10-21-8-9-22-15/h6-11H,5,12H2,1-4H3. The van der Waals surface area contributed by atoms with Crippen LogP contribution in [0.2, 0.25) is 0 Å². The molecule has 0 fully saturated rings. The Hall–Kier alpha value is -3.02. The second-order valence-electron chi connectivity index (χ2n) is 6.20. The predicted molar refractivity (Wildman–Crippen MR) is 101 cm³/mol. The number of carbonyl (C=O) groups excluding carboxylic acids is 1. The first-order valence-electron chi connectivity index (χ1n) is 8.55. The number of aryl methyl sites for hydroxylation is 2. The van der Waals surface area contributed by atoms with Gasteiger partial charge in [-0.25, -0.2) is 4.79 Å². The molecule has 3 aromatic rings. The van der Waals surface area contributed by atoms with Gasteiger partial charge in [0, 0.05) is 31.0 Å². The van der Waals surface area contributed by atoms with Crippen LogP contribution >= 0.6 is 0 Å². The van der Waals surface area contributed by atoms with Gasteiger partial charge in [0.1, 0.15) is 5.56 Å². The highest BCUT2D eigenvalue weighted by Crippen LogP contribution is 2.32. The summed E-state index contributed by atoms with van der Waals surface area (Å²) in [6.07, 6.45) is 6.63. The summed E-state index contributed by atoms with van der Waals surface area (Å²) in [5.41, 5.74) is 5.22. The smallest absolute Gasteiger partial charge is 0.341 e. The Morgan fingerprint density at radius 2 is 1.96 bits per heavy atom. The van der Waals surface area contributed by atoms with Gasteiger partial charge < -0.3 is 9.64 Å². The Kier molecular flexibility index (Phi) is 5.11. The number of nitrogens with zero attached hydrogens (tertiary/aromatic N) is 4. The van der Waals surface area contributed by atoms with Crippen LogP contribution in [0.25, 0.3) is 10.9 Å². The third-order valence-electron chi connectivity index (χ3n) is 4.43. The average molecular weight is 350 g/mol. The molecule has 0 aliphatic rings. The van der Waals surface area contributed by atoms with Gasteiger partial charge in [-0.15, -0.1) is 0 Å². The molecule has 134 valence electrons. The molecule has 0 saturated heterocycles. The molecule has 0 spiro atoms. The minimum Gasteiger partial charge on any atom is -0.462 e. The van der Waals surface area contributed by atoms with Crippen LogP contribution in [0.4, 0.5) is 5.69 Å². The molecular formula is C20H22N4O2. The summed E-state index contributed by atoms with van der Waals surface area (Å²) in [4.78, 5) is 27.5. The summed E-state index contributed by atoms with van der Waals surface area (Å²) in [6.45, 7) is 6.73. The van der Waals surface area contributed by atoms with Crippen molar-refractivity contribution in [2.75, 3.05) is 18.6 Å². The van der Waals surface area contributed by atoms with E-state index in [1.165, 1.54) is 0 Å². The molecule has 0 unspecified atom stereocenters. The van der Waals surface area contributed by atoms with Gasteiger partial charge in [-0.05, 0) is 31.9 Å². The molecule has 2 heterocycles. The second kappa shape index (κ2) is 7.47. The van der Waals surface area contributed by atoms with Crippen molar-refractivity contribution in [3.8, 4) is 0 Å². The minimum atomic E-state index is -0.374. The summed E-state index contributed by atoms with van der Waals surface area (Å²) in [6, 6.07) is 4.06. The van der Waals surface area contributed by atoms with Crippen LogP contribution in [0.5, 0.6) is 0 Å². The molecule has 0 radical (unpaired) electrons. The first-order chi connectivity index (χ1) is 12.5. The van der Waals surface area contributed by atoms with Gasteiger partial charge in [-0.3, -0.25) is 15.0 Å². The SMILES string of the molecule is CCOC(=O)c1cnc2c(C)c(C)ccc2c1N(C)Cc1cnccn1. The van der Waals surface area contributed by atoms with Crippen LogP contribution in [-0.2, 0) is 11.3 Å². The zero-order valence-corrected chi connectivity index (χ0v) is 15.5. The fourth-order valence-corrected chi connectivity index (χ4v) is 3.00. The van der Waals surface area contributed by atoms with Gasteiger partial charge in [0.2, 0.25) is 0 Å². The summed E-state index contributed by atoms with van der Waals surface area (Å²) < 4.78 is 5.24. The highest BCUT2D eigenvalue weighted by Gasteiger charge is 2.21. The zero-order valence-electron chi connectivity index (χ0n) is 15.5. The number of hydrogen-bond donors (Lipinski definition) is 0. The number of hydrogen-bond acceptors (Lipinski definition) is 6. The zero-order chi connectivity index (χ0) is 18.7. The third kappa shape index (κ3) is 3.35. The van der Waals surface area contributed by atoms with E-state index in [0.29, 0.717) is 18.7 Å². The largest absolute Gasteiger partial charge is 0.462 e. The van der Waals surface area contributed by atoms with E-state index in [4.69, 9.17) is 4.74 Å². The normalized spacial score (nSPS) is 10.8. The van der Waals surface area contributed by atoms with Gasteiger partial charge in [0.15, 0.2) is 0 Å². The molecule has 0 bridgehead atoms. The number of pyridine rings is 1. The molecule has 0 N–H and O–H groups in total. The van der Waals surface area contributed by atoms with Crippen LogP contribution in [-0.4, -0.2) is 34.6 Å². The summed E-state index contributed by atoms with van der Waals surface area (Å²) in [5, 5.41) is 0.921. The number of aromatic nitrogens is 3. The van der Waals surface area contributed by atoms with E-state index in [0.717, 1.165) is 33.4 Å². The number of anilines is 1. The van der Waals surface area contributed by atoms with Crippen molar-refractivity contribution in [3.05, 3.63) is 59.3 Å². The summed E-state index contributed by atoms with van der Waals surface area (Å²) >= 11 is 0. The van der Waals surface area contributed by atoms with E-state index in [9.17, 15) is 4.79 Å². The first-order valence-corrected chi connectivity index (χ1v) is 8.55. The number of carbonyl (C=O) groups is 1. The molecule has 0 aliphatic carbocycles. The molecule has 0 atom stereocenters. The van der Waals surface area contributed by atoms with Gasteiger partial charge in [0.25, 0.3) is 0 Å². The molecule has 0 amide bonds. The van der Waals surface area contributed by atoms with E-state index < -0.39 is 0 Å². The van der Waals surface area contributed by atoms with Crippen molar-refractivity contribution in [1.29, 1.82) is 0 Å². The lowest BCUT2D eigenvalue weighted by molar-refractivity contribution is 0.0527. The van der Waals surface area contributed by atoms with Crippen LogP contribution in [0.15, 0.2) is 36.9 Å². The Morgan fingerprint density at radius 3 is 2.65 bits per heavy atom. The number of benzene rings is 1. The summed E-state index contributed by atoms with van der Waals surface area (Å²) in [7, 11) is 1.93. The van der Waals surface area contributed by atoms with Crippen LogP contribution < -0.4 is 4.90 Å². The highest BCUT2D eigenvalue weighted by molar-refractivity contribution is 6.06. The lowest BCUT2D eigenvalue weighted by Gasteiger charge is -2.23. The van der Waals surface area contributed by atoms with Gasteiger partial charge in [0.05, 0.1) is 36.2 Å². The van der Waals surface area contributed by atoms with Crippen LogP contribution in [0.3, 0.4) is 0 Å². The van der Waals surface area contributed by atoms with E-state index >= 15 is 0 Å². The lowest BCUT2D eigenvalue weighted by atomic mass is 10.0. The molecule has 26 heavy (non-hydrogen) atoms. The molecule has 1 aromatic carbocycles. The maximum Gasteiger partial charge on any atom is 0.341 e. The fourth-order valence-electron chi connectivity index (χ4n) is 3.00. The molecule has 0 saturated carbocycles. The lowest BCUT2D eigenvalue weighted by Crippen LogP contribution is -2.22. The number of rotatable bonds is 5.